The molecule has 2 aliphatic rings. The van der Waals surface area contributed by atoms with Crippen molar-refractivity contribution in [1.29, 1.82) is 5.26 Å². The number of carbonyl (C=O) groups excluding carboxylic acids is 1. The third kappa shape index (κ3) is 3.47. The highest BCUT2D eigenvalue weighted by Gasteiger charge is 2.38. The zero-order valence-corrected chi connectivity index (χ0v) is 18.1. The van der Waals surface area contributed by atoms with Gasteiger partial charge >= 0.3 is 0 Å². The number of nitriles is 1. The molecule has 2 aliphatic heterocycles. The number of methoxy groups -OCH3 is 1. The molecule has 2 heterocycles. The van der Waals surface area contributed by atoms with Crippen molar-refractivity contribution >= 4 is 35.0 Å². The predicted octanol–water partition coefficient (Wildman–Crippen LogP) is 4.58. The lowest BCUT2D eigenvalue weighted by Gasteiger charge is -2.42. The molecule has 1 saturated heterocycles. The number of amides is 1. The summed E-state index contributed by atoms with van der Waals surface area (Å²) in [4.78, 5) is 16.8. The van der Waals surface area contributed by atoms with Crippen molar-refractivity contribution in [3.05, 3.63) is 63.1 Å². The highest BCUT2D eigenvalue weighted by Crippen LogP contribution is 2.45. The van der Waals surface area contributed by atoms with E-state index in [-0.39, 0.29) is 24.0 Å². The minimum Gasteiger partial charge on any atom is -0.504 e. The SMILES string of the molecule is COc1cc(C2CC(=O)N3CN(c4cccc(Cl)c4C)CSC3=C2C#N)ccc1O. The van der Waals surface area contributed by atoms with Crippen molar-refractivity contribution in [3.8, 4) is 17.6 Å². The Hall–Kier alpha value is -2.82. The lowest BCUT2D eigenvalue weighted by atomic mass is 9.86. The average Bonchev–Trinajstić information content (AvgIpc) is 2.76. The summed E-state index contributed by atoms with van der Waals surface area (Å²) in [5, 5.41) is 21.2. The maximum absolute atomic E-state index is 13.1. The largest absolute Gasteiger partial charge is 0.504 e. The lowest BCUT2D eigenvalue weighted by molar-refractivity contribution is -0.129. The molecule has 4 rings (SSSR count). The van der Waals surface area contributed by atoms with Crippen molar-refractivity contribution in [2.45, 2.75) is 19.3 Å². The molecule has 2 aromatic carbocycles. The summed E-state index contributed by atoms with van der Waals surface area (Å²) in [5.74, 6) is 0.546. The van der Waals surface area contributed by atoms with Gasteiger partial charge in [-0.1, -0.05) is 35.5 Å². The number of fused-ring (bicyclic) bond motifs is 1. The van der Waals surface area contributed by atoms with Crippen molar-refractivity contribution in [1.82, 2.24) is 4.90 Å². The van der Waals surface area contributed by atoms with Crippen molar-refractivity contribution in [2.75, 3.05) is 24.6 Å². The Morgan fingerprint density at radius 2 is 2.13 bits per heavy atom. The lowest BCUT2D eigenvalue weighted by Crippen LogP contribution is -2.47. The molecule has 0 bridgehead atoms. The number of allylic oxidation sites excluding steroid dienone is 1. The molecule has 1 amide bonds. The molecular weight excluding hydrogens is 422 g/mol. The van der Waals surface area contributed by atoms with Gasteiger partial charge < -0.3 is 14.7 Å². The molecular formula is C22H20ClN3O3S. The molecule has 8 heteroatoms. The topological polar surface area (TPSA) is 76.8 Å². The summed E-state index contributed by atoms with van der Waals surface area (Å²) in [7, 11) is 1.47. The molecule has 6 nitrogen and oxygen atoms in total. The van der Waals surface area contributed by atoms with Crippen LogP contribution in [0.25, 0.3) is 0 Å². The van der Waals surface area contributed by atoms with Crippen LogP contribution in [0, 0.1) is 18.3 Å². The summed E-state index contributed by atoms with van der Waals surface area (Å²) < 4.78 is 5.20. The quantitative estimate of drug-likeness (QED) is 0.751. The molecule has 0 spiro atoms. The predicted molar refractivity (Wildman–Crippen MR) is 117 cm³/mol. The number of aromatic hydroxyl groups is 1. The third-order valence-electron chi connectivity index (χ3n) is 5.48. The van der Waals surface area contributed by atoms with E-state index in [0.29, 0.717) is 33.9 Å². The van der Waals surface area contributed by atoms with E-state index in [1.165, 1.54) is 24.9 Å². The van der Waals surface area contributed by atoms with Crippen LogP contribution in [0.4, 0.5) is 5.69 Å². The van der Waals surface area contributed by atoms with Gasteiger partial charge in [-0.05, 0) is 42.3 Å². The molecule has 2 aromatic rings. The first-order chi connectivity index (χ1) is 14.4. The van der Waals surface area contributed by atoms with Crippen LogP contribution < -0.4 is 9.64 Å². The second-order valence-corrected chi connectivity index (χ2v) is 8.52. The van der Waals surface area contributed by atoms with Crippen LogP contribution in [0.2, 0.25) is 5.02 Å². The Morgan fingerprint density at radius 1 is 1.33 bits per heavy atom. The van der Waals surface area contributed by atoms with Crippen molar-refractivity contribution < 1.29 is 14.6 Å². The number of carbonyl (C=O) groups is 1. The van der Waals surface area contributed by atoms with Crippen molar-refractivity contribution in [3.63, 3.8) is 0 Å². The highest BCUT2D eigenvalue weighted by molar-refractivity contribution is 8.03. The second-order valence-electron chi connectivity index (χ2n) is 7.18. The zero-order chi connectivity index (χ0) is 21.4. The van der Waals surface area contributed by atoms with E-state index in [1.54, 1.807) is 17.0 Å². The first kappa shape index (κ1) is 20.5. The molecule has 1 unspecified atom stereocenters. The smallest absolute Gasteiger partial charge is 0.229 e. The number of hydrogen-bond donors (Lipinski definition) is 1. The van der Waals surface area contributed by atoms with Crippen molar-refractivity contribution in [2.24, 2.45) is 0 Å². The summed E-state index contributed by atoms with van der Waals surface area (Å²) in [6, 6.07) is 13.0. The van der Waals surface area contributed by atoms with E-state index < -0.39 is 0 Å². The van der Waals surface area contributed by atoms with E-state index in [2.05, 4.69) is 11.0 Å². The first-order valence-electron chi connectivity index (χ1n) is 9.39. The van der Waals surface area contributed by atoms with Gasteiger partial charge in [-0.2, -0.15) is 5.26 Å². The Labute approximate surface area is 184 Å². The molecule has 0 aliphatic carbocycles. The zero-order valence-electron chi connectivity index (χ0n) is 16.6. The number of halogens is 1. The van der Waals surface area contributed by atoms with Gasteiger partial charge in [-0.3, -0.25) is 9.69 Å². The van der Waals surface area contributed by atoms with E-state index in [0.717, 1.165) is 16.8 Å². The van der Waals surface area contributed by atoms with Gasteiger partial charge in [-0.25, -0.2) is 0 Å². The van der Waals surface area contributed by atoms with Crippen LogP contribution in [0.5, 0.6) is 11.5 Å². The second kappa shape index (κ2) is 8.13. The molecule has 0 saturated carbocycles. The Morgan fingerprint density at radius 3 is 2.87 bits per heavy atom. The van der Waals surface area contributed by atoms with Crippen LogP contribution in [-0.4, -0.2) is 35.6 Å². The van der Waals surface area contributed by atoms with E-state index in [9.17, 15) is 15.2 Å². The molecule has 0 aromatic heterocycles. The van der Waals surface area contributed by atoms with Gasteiger partial charge in [0.1, 0.15) is 0 Å². The summed E-state index contributed by atoms with van der Waals surface area (Å²) in [6.07, 6.45) is 0.184. The Kier molecular flexibility index (Phi) is 5.54. The number of hydrogen-bond acceptors (Lipinski definition) is 6. The van der Waals surface area contributed by atoms with Gasteiger partial charge in [0.2, 0.25) is 5.91 Å². The standard InChI is InChI=1S/C22H20ClN3O3S/c1-13-17(23)4-3-5-18(13)25-11-26-21(28)9-15(16(10-24)22(26)30-12-25)14-6-7-19(27)20(8-14)29-2/h3-8,15,27H,9,11-12H2,1-2H3. The normalized spacial score (nSPS) is 18.9. The summed E-state index contributed by atoms with van der Waals surface area (Å²) >= 11 is 7.75. The molecule has 1 atom stereocenters. The number of phenolic OH excluding ortho intramolecular Hbond substituents is 1. The molecule has 30 heavy (non-hydrogen) atoms. The first-order valence-corrected chi connectivity index (χ1v) is 10.7. The minimum absolute atomic E-state index is 0.0238. The minimum atomic E-state index is -0.366. The number of anilines is 1. The number of nitrogens with zero attached hydrogens (tertiary/aromatic N) is 3. The van der Waals surface area contributed by atoms with Crippen LogP contribution in [0.3, 0.4) is 0 Å². The number of rotatable bonds is 3. The van der Waals surface area contributed by atoms with Gasteiger partial charge in [0, 0.05) is 23.0 Å². The summed E-state index contributed by atoms with van der Waals surface area (Å²) in [5.41, 5.74) is 3.28. The van der Waals surface area contributed by atoms with Crippen LogP contribution in [0.15, 0.2) is 47.0 Å². The molecule has 154 valence electrons. The Bertz CT molecular complexity index is 1100. The number of thioether (sulfide) groups is 1. The number of phenols is 1. The number of benzene rings is 2. The molecule has 1 N–H and O–H groups in total. The van der Waals surface area contributed by atoms with Gasteiger partial charge in [0.25, 0.3) is 0 Å². The van der Waals surface area contributed by atoms with Crippen LogP contribution in [0.1, 0.15) is 23.5 Å². The van der Waals surface area contributed by atoms with E-state index >= 15 is 0 Å². The van der Waals surface area contributed by atoms with E-state index in [1.807, 2.05) is 25.1 Å². The molecule has 1 fully saturated rings. The average molecular weight is 442 g/mol. The van der Waals surface area contributed by atoms with Gasteiger partial charge in [0.05, 0.1) is 36.3 Å². The number of ether oxygens (including phenoxy) is 1. The van der Waals surface area contributed by atoms with Crippen LogP contribution in [-0.2, 0) is 4.79 Å². The third-order valence-corrected chi connectivity index (χ3v) is 7.04. The van der Waals surface area contributed by atoms with Gasteiger partial charge in [0.15, 0.2) is 11.5 Å². The van der Waals surface area contributed by atoms with Gasteiger partial charge in [-0.15, -0.1) is 0 Å². The fourth-order valence-electron chi connectivity index (χ4n) is 3.85. The monoisotopic (exact) mass is 441 g/mol. The maximum Gasteiger partial charge on any atom is 0.229 e. The van der Waals surface area contributed by atoms with Crippen LogP contribution >= 0.6 is 23.4 Å². The van der Waals surface area contributed by atoms with E-state index in [4.69, 9.17) is 16.3 Å². The maximum atomic E-state index is 13.1. The summed E-state index contributed by atoms with van der Waals surface area (Å²) in [6.45, 7) is 2.33. The Balaban J connectivity index is 1.69. The molecule has 0 radical (unpaired) electrons. The fourth-order valence-corrected chi connectivity index (χ4v) is 5.18. The highest BCUT2D eigenvalue weighted by atomic mass is 35.5. The fraction of sp³-hybridized carbons (Fsp3) is 0.273.